The fourth-order valence-corrected chi connectivity index (χ4v) is 5.97. The lowest BCUT2D eigenvalue weighted by molar-refractivity contribution is 0.00836. The summed E-state index contributed by atoms with van der Waals surface area (Å²) in [7, 11) is 3.18. The number of benzene rings is 4. The molecule has 4 rings (SSSR count). The standard InChI is InChI=1S/C44H52F2N4O7/c1-8-17-49(6)42(53)35-23-33(29(2)48-56-28-30-13-10-9-11-14-30)22-34(24-35)41(52)47-39(21-32-18-36(45)25-37(46)19-32)40(51)27-50(43(54)57-44(3,4)5)26-31-15-12-16-38(20-31)55-7/h9-16,18-20,22-25,39-40,51H,8,17,21,26-28H2,1-7H3,(H,47,52)/t39-,40+/m0/s1. The monoisotopic (exact) mass is 786 g/mol. The first kappa shape index (κ1) is 43.9. The van der Waals surface area contributed by atoms with Gasteiger partial charge in [-0.2, -0.15) is 0 Å². The molecule has 0 aliphatic rings. The minimum Gasteiger partial charge on any atom is -0.497 e. The van der Waals surface area contributed by atoms with Gasteiger partial charge in [-0.15, -0.1) is 0 Å². The van der Waals surface area contributed by atoms with Crippen molar-refractivity contribution >= 4 is 23.6 Å². The van der Waals surface area contributed by atoms with E-state index in [1.807, 2.05) is 37.3 Å². The fourth-order valence-electron chi connectivity index (χ4n) is 5.97. The molecule has 57 heavy (non-hydrogen) atoms. The van der Waals surface area contributed by atoms with Crippen LogP contribution >= 0.6 is 0 Å². The Morgan fingerprint density at radius 2 is 1.51 bits per heavy atom. The zero-order valence-electron chi connectivity index (χ0n) is 33.6. The van der Waals surface area contributed by atoms with E-state index in [9.17, 15) is 28.3 Å². The maximum atomic E-state index is 14.4. The minimum atomic E-state index is -1.48. The number of ether oxygens (including phenoxy) is 2. The number of nitrogens with zero attached hydrogens (tertiary/aromatic N) is 3. The average molecular weight is 787 g/mol. The molecule has 13 heteroatoms. The van der Waals surface area contributed by atoms with Crippen LogP contribution < -0.4 is 10.1 Å². The van der Waals surface area contributed by atoms with Gasteiger partial charge >= 0.3 is 6.09 Å². The molecule has 0 radical (unpaired) electrons. The molecule has 0 bridgehead atoms. The molecule has 0 unspecified atom stereocenters. The van der Waals surface area contributed by atoms with E-state index in [4.69, 9.17) is 14.3 Å². The van der Waals surface area contributed by atoms with Gasteiger partial charge in [0.15, 0.2) is 0 Å². The molecule has 0 heterocycles. The van der Waals surface area contributed by atoms with Crippen molar-refractivity contribution in [3.8, 4) is 5.75 Å². The van der Waals surface area contributed by atoms with Crippen LogP contribution in [0.1, 0.15) is 84.0 Å². The number of halogens is 2. The molecular formula is C44H52F2N4O7. The quantitative estimate of drug-likeness (QED) is 0.0836. The number of hydrogen-bond donors (Lipinski definition) is 2. The zero-order chi connectivity index (χ0) is 41.7. The van der Waals surface area contributed by atoms with Crippen molar-refractivity contribution in [1.29, 1.82) is 0 Å². The largest absolute Gasteiger partial charge is 0.497 e. The fraction of sp³-hybridized carbons (Fsp3) is 0.364. The average Bonchev–Trinajstić information content (AvgIpc) is 3.16. The highest BCUT2D eigenvalue weighted by atomic mass is 19.1. The van der Waals surface area contributed by atoms with E-state index in [0.29, 0.717) is 35.6 Å². The molecule has 0 spiro atoms. The summed E-state index contributed by atoms with van der Waals surface area (Å²) in [5.41, 5.74) is 1.94. The molecule has 4 aromatic carbocycles. The van der Waals surface area contributed by atoms with E-state index < -0.39 is 41.4 Å². The molecule has 0 aromatic heterocycles. The van der Waals surface area contributed by atoms with Crippen molar-refractivity contribution in [2.75, 3.05) is 27.2 Å². The normalized spacial score (nSPS) is 12.6. The Kier molecular flexibility index (Phi) is 15.7. The van der Waals surface area contributed by atoms with Crippen LogP contribution in [0.25, 0.3) is 0 Å². The van der Waals surface area contributed by atoms with Crippen molar-refractivity contribution in [2.45, 2.75) is 78.4 Å². The Bertz CT molecular complexity index is 2000. The number of carbonyl (C=O) groups is 3. The van der Waals surface area contributed by atoms with Crippen LogP contribution in [0.4, 0.5) is 13.6 Å². The highest BCUT2D eigenvalue weighted by Gasteiger charge is 2.30. The summed E-state index contributed by atoms with van der Waals surface area (Å²) >= 11 is 0. The number of amides is 3. The summed E-state index contributed by atoms with van der Waals surface area (Å²) in [6, 6.07) is 22.8. The third-order valence-corrected chi connectivity index (χ3v) is 8.77. The van der Waals surface area contributed by atoms with Crippen LogP contribution in [0.15, 0.2) is 96.2 Å². The van der Waals surface area contributed by atoms with Gasteiger partial charge in [0.05, 0.1) is 31.5 Å². The molecule has 2 N–H and O–H groups in total. The van der Waals surface area contributed by atoms with Gasteiger partial charge in [0, 0.05) is 42.9 Å². The van der Waals surface area contributed by atoms with Crippen molar-refractivity contribution in [1.82, 2.24) is 15.1 Å². The number of methoxy groups -OCH3 is 1. The van der Waals surface area contributed by atoms with Crippen LogP contribution in [0.5, 0.6) is 5.75 Å². The molecule has 0 saturated carbocycles. The van der Waals surface area contributed by atoms with Gasteiger partial charge in [0.1, 0.15) is 29.6 Å². The Labute approximate surface area is 333 Å². The summed E-state index contributed by atoms with van der Waals surface area (Å²) in [4.78, 5) is 49.7. The molecular weight excluding hydrogens is 735 g/mol. The molecule has 11 nitrogen and oxygen atoms in total. The van der Waals surface area contributed by atoms with Gasteiger partial charge in [0.25, 0.3) is 11.8 Å². The molecule has 4 aromatic rings. The van der Waals surface area contributed by atoms with Crippen molar-refractivity contribution < 1.29 is 42.6 Å². The van der Waals surface area contributed by atoms with Gasteiger partial charge in [-0.1, -0.05) is 54.5 Å². The van der Waals surface area contributed by atoms with Crippen molar-refractivity contribution in [3.63, 3.8) is 0 Å². The number of oxime groups is 1. The minimum absolute atomic E-state index is 0.00217. The van der Waals surface area contributed by atoms with Crippen LogP contribution in [-0.2, 0) is 29.1 Å². The number of hydrogen-bond acceptors (Lipinski definition) is 8. The lowest BCUT2D eigenvalue weighted by atomic mass is 9.98. The number of carbonyl (C=O) groups excluding carboxylic acids is 3. The van der Waals surface area contributed by atoms with Gasteiger partial charge in [-0.3, -0.25) is 9.59 Å². The maximum absolute atomic E-state index is 14.4. The molecule has 0 aliphatic carbocycles. The molecule has 3 amide bonds. The summed E-state index contributed by atoms with van der Waals surface area (Å²) in [6.45, 7) is 9.08. The van der Waals surface area contributed by atoms with Crippen LogP contribution in [0.2, 0.25) is 0 Å². The van der Waals surface area contributed by atoms with E-state index in [1.165, 1.54) is 29.0 Å². The van der Waals surface area contributed by atoms with E-state index in [-0.39, 0.29) is 48.7 Å². The van der Waals surface area contributed by atoms with E-state index in [2.05, 4.69) is 10.5 Å². The second-order valence-electron chi connectivity index (χ2n) is 14.8. The number of aliphatic hydroxyl groups is 1. The summed E-state index contributed by atoms with van der Waals surface area (Å²) in [5, 5.41) is 18.9. The lowest BCUT2D eigenvalue weighted by Gasteiger charge is -2.32. The maximum Gasteiger partial charge on any atom is 0.410 e. The number of aliphatic hydroxyl groups excluding tert-OH is 1. The van der Waals surface area contributed by atoms with Gasteiger partial charge in [0.2, 0.25) is 0 Å². The van der Waals surface area contributed by atoms with Crippen LogP contribution in [0, 0.1) is 11.6 Å². The van der Waals surface area contributed by atoms with Gasteiger partial charge < -0.3 is 34.5 Å². The van der Waals surface area contributed by atoms with E-state index in [1.54, 1.807) is 65.1 Å². The van der Waals surface area contributed by atoms with E-state index in [0.717, 1.165) is 23.8 Å². The summed E-state index contributed by atoms with van der Waals surface area (Å²) in [5.74, 6) is -2.15. The molecule has 2 atom stereocenters. The zero-order valence-corrected chi connectivity index (χ0v) is 33.6. The number of rotatable bonds is 17. The Balaban J connectivity index is 1.70. The lowest BCUT2D eigenvalue weighted by Crippen LogP contribution is -2.51. The number of nitrogens with one attached hydrogen (secondary N) is 1. The smallest absolute Gasteiger partial charge is 0.410 e. The first-order valence-corrected chi connectivity index (χ1v) is 18.7. The van der Waals surface area contributed by atoms with Crippen LogP contribution in [-0.4, -0.2) is 83.5 Å². The molecule has 0 aliphatic heterocycles. The topological polar surface area (TPSA) is 130 Å². The Morgan fingerprint density at radius 1 is 0.860 bits per heavy atom. The van der Waals surface area contributed by atoms with Gasteiger partial charge in [-0.05, 0) is 99.7 Å². The molecule has 0 saturated heterocycles. The third-order valence-electron chi connectivity index (χ3n) is 8.77. The third kappa shape index (κ3) is 13.7. The van der Waals surface area contributed by atoms with E-state index >= 15 is 0 Å². The van der Waals surface area contributed by atoms with Crippen molar-refractivity contribution in [3.05, 3.63) is 136 Å². The summed E-state index contributed by atoms with van der Waals surface area (Å²) in [6.07, 6.45) is -1.72. The molecule has 304 valence electrons. The van der Waals surface area contributed by atoms with Gasteiger partial charge in [-0.25, -0.2) is 13.6 Å². The highest BCUT2D eigenvalue weighted by molar-refractivity contribution is 6.06. The second kappa shape index (κ2) is 20.4. The highest BCUT2D eigenvalue weighted by Crippen LogP contribution is 2.21. The first-order chi connectivity index (χ1) is 27.0. The SMILES string of the molecule is CCCN(C)C(=O)c1cc(C(=O)N[C@@H](Cc2cc(F)cc(F)c2)[C@H](O)CN(Cc2cccc(OC)c2)C(=O)OC(C)(C)C)cc(C(C)=NOCc2ccccc2)c1. The molecule has 0 fully saturated rings. The summed E-state index contributed by atoms with van der Waals surface area (Å²) < 4.78 is 39.8. The Morgan fingerprint density at radius 3 is 2.16 bits per heavy atom. The second-order valence-corrected chi connectivity index (χ2v) is 14.8. The predicted octanol–water partition coefficient (Wildman–Crippen LogP) is 7.54. The van der Waals surface area contributed by atoms with Crippen LogP contribution in [0.3, 0.4) is 0 Å². The Hall–Kier alpha value is -5.82. The predicted molar refractivity (Wildman–Crippen MR) is 214 cm³/mol. The first-order valence-electron chi connectivity index (χ1n) is 18.7. The van der Waals surface area contributed by atoms with Crippen molar-refractivity contribution in [2.24, 2.45) is 5.16 Å².